The number of quaternary nitrogens is 1. The summed E-state index contributed by atoms with van der Waals surface area (Å²) >= 11 is 0. The van der Waals surface area contributed by atoms with Crippen molar-refractivity contribution < 1.29 is 129 Å². The Kier molecular flexibility index (Phi) is 180. The van der Waals surface area contributed by atoms with Crippen LogP contribution in [-0.4, -0.2) is 189 Å². The molecule has 0 bridgehead atoms. The number of fused-ring (bicyclic) bond motifs is 6. The first-order chi connectivity index (χ1) is 49.9. The number of rotatable bonds is 4. The molecule has 0 heterocycles. The number of carbonyl (C=O) groups excluding carboxylic acids is 11. The molecule has 0 aromatic heterocycles. The quantitative estimate of drug-likeness (QED) is 0.0666. The van der Waals surface area contributed by atoms with Crippen molar-refractivity contribution in [1.82, 2.24) is 53.2 Å². The number of amides is 11. The third-order valence-electron chi connectivity index (χ3n) is 10.4. The molecule has 2 aliphatic rings. The van der Waals surface area contributed by atoms with E-state index in [0.717, 1.165) is 0 Å². The molecule has 0 saturated carbocycles. The number of carbonyl (C=O) groups is 11. The first-order valence-corrected chi connectivity index (χ1v) is 34.6. The van der Waals surface area contributed by atoms with Crippen LogP contribution >= 0.6 is 0 Å². The summed E-state index contributed by atoms with van der Waals surface area (Å²) in [7, 11) is 22.1. The molecule has 116 heavy (non-hydrogen) atoms. The van der Waals surface area contributed by atoms with E-state index in [2.05, 4.69) is 130 Å². The summed E-state index contributed by atoms with van der Waals surface area (Å²) in [4.78, 5) is 111. The molecule has 0 unspecified atom stereocenters. The van der Waals surface area contributed by atoms with Crippen molar-refractivity contribution in [3.05, 3.63) is 119 Å². The van der Waals surface area contributed by atoms with Crippen LogP contribution in [0.3, 0.4) is 0 Å². The van der Waals surface area contributed by atoms with Gasteiger partial charge in [0.2, 0.25) is 41.4 Å². The normalized spacial score (nSPS) is 8.20. The Morgan fingerprint density at radius 1 is 0.302 bits per heavy atom. The van der Waals surface area contributed by atoms with Crippen molar-refractivity contribution in [1.29, 1.82) is 0 Å². The van der Waals surface area contributed by atoms with Gasteiger partial charge in [-0.25, -0.2) is 19.2 Å². The van der Waals surface area contributed by atoms with Gasteiger partial charge in [0.25, 0.3) is 0 Å². The summed E-state index contributed by atoms with van der Waals surface area (Å²) < 4.78 is 20.2. The Morgan fingerprint density at radius 3 is 0.517 bits per heavy atom. The van der Waals surface area contributed by atoms with Gasteiger partial charge >= 0.3 is 24.4 Å². The maximum Gasteiger partial charge on any atom is 0.407 e. The van der Waals surface area contributed by atoms with Gasteiger partial charge in [0.15, 0.2) is 0 Å². The molecule has 693 valence electrons. The number of primary amides is 1. The SMILES string of the molecule is C.C.C.C.C.C.C.CC.CC.CC.CC.CC(N)=O.CN.CN.CN.CNC(=O)OC(C)(C)C.CNC(=O)OC(C)(C)C.CNC(=O)OCC1c2ccccc2-c2ccccc21.CNC(=O)OCC1c2ccccc2-c2ccccc21.CNC(C)=O.CNC(C)=O.CNC(C)=O.CNC(C)=O.CNC(C)=O.CNC(C)=O.C[NH3+].[Mn].[Mn].[Mn]. The molecule has 0 spiro atoms. The number of benzene rings is 4. The predicted octanol–water partition coefficient (Wildman–Crippen LogP) is 12.7. The van der Waals surface area contributed by atoms with E-state index in [-0.39, 0.29) is 192 Å². The molecule has 11 amide bonds. The minimum absolute atomic E-state index is 0. The van der Waals surface area contributed by atoms with Crippen LogP contribution in [0, 0.1) is 0 Å². The van der Waals surface area contributed by atoms with E-state index >= 15 is 0 Å². The van der Waals surface area contributed by atoms with Gasteiger partial charge < -0.3 is 101 Å². The summed E-state index contributed by atoms with van der Waals surface area (Å²) in [6.45, 7) is 37.8. The second-order valence-electron chi connectivity index (χ2n) is 20.1. The number of hydrogen-bond donors (Lipinski definition) is 15. The second-order valence-corrected chi connectivity index (χ2v) is 20.1. The fourth-order valence-electron chi connectivity index (χ4n) is 6.00. The van der Waals surface area contributed by atoms with Crippen molar-refractivity contribution in [2.75, 3.05) is 112 Å². The van der Waals surface area contributed by atoms with E-state index in [0.29, 0.717) is 13.2 Å². The van der Waals surface area contributed by atoms with Crippen LogP contribution in [0.5, 0.6) is 0 Å². The maximum absolute atomic E-state index is 11.3. The Bertz CT molecular complexity index is 2500. The summed E-state index contributed by atoms with van der Waals surface area (Å²) in [5.74, 6) is -0.0469. The third kappa shape index (κ3) is 117. The molecule has 6 rings (SSSR count). The summed E-state index contributed by atoms with van der Waals surface area (Å²) in [6.07, 6.45) is -1.55. The smallest absolute Gasteiger partial charge is 0.407 e. The molecule has 0 fully saturated rings. The minimum atomic E-state index is -0.389. The largest absolute Gasteiger partial charge is 0.449 e. The molecule has 3 radical (unpaired) electrons. The molecule has 0 atom stereocenters. The standard InChI is InChI=1S/2C16H15NO2.2C6H13NO2.6C3H7NO.C2H5NO.4C2H6.4CH5N.7CH4.3Mn/c2*1-17-16(18)19-10-15-13-8-4-2-6-11(13)12-7-3-5-9-14(12)15;2*1-6(2,3)9-5(8)7-4;6*1-3(5)4-2;1-2(3)4;8*1-2;;;;;;;;;;/h2*2-9,15H,10H2,1H3,(H,17,18);2*1-4H3,(H,7,8);6*1-2H3,(H,4,5);1H3,(H2,3,4);4*1-2H3;4*2H2,1H3;7*1H4;;;/p+1. The maximum atomic E-state index is 11.3. The van der Waals surface area contributed by atoms with E-state index in [4.69, 9.17) is 18.9 Å². The molecule has 4 aromatic carbocycles. The first kappa shape index (κ1) is 171. The van der Waals surface area contributed by atoms with Gasteiger partial charge in [-0.3, -0.25) is 33.6 Å². The van der Waals surface area contributed by atoms with Gasteiger partial charge in [-0.15, -0.1) is 0 Å². The molecule has 2 aliphatic carbocycles. The number of nitrogens with one attached hydrogen (secondary N) is 10. The topological polar surface area (TPSA) is 477 Å². The summed E-state index contributed by atoms with van der Waals surface area (Å²) in [5, 5.41) is 24.0. The zero-order valence-electron chi connectivity index (χ0n) is 72.6. The van der Waals surface area contributed by atoms with E-state index < -0.39 is 0 Å². The van der Waals surface area contributed by atoms with Gasteiger partial charge in [-0.1, -0.05) is 204 Å². The van der Waals surface area contributed by atoms with Crippen LogP contribution in [0.2, 0.25) is 0 Å². The molecular formula is C83H176Mn3N15O15+. The average Bonchev–Trinajstić information content (AvgIpc) is 1.63. The predicted molar refractivity (Wildman–Crippen MR) is 484 cm³/mol. The molecular weight excluding hydrogens is 1610 g/mol. The van der Waals surface area contributed by atoms with Crippen LogP contribution in [0.25, 0.3) is 22.3 Å². The van der Waals surface area contributed by atoms with Crippen LogP contribution in [-0.2, 0) is 104 Å². The zero-order valence-corrected chi connectivity index (χ0v) is 76.1. The second kappa shape index (κ2) is 122. The van der Waals surface area contributed by atoms with Gasteiger partial charge in [0.05, 0.1) is 7.05 Å². The Hall–Kier alpha value is -8.35. The van der Waals surface area contributed by atoms with Gasteiger partial charge in [-0.05, 0) is 107 Å². The Balaban J connectivity index is -0.0000000397. The van der Waals surface area contributed by atoms with E-state index in [1.54, 1.807) is 63.4 Å². The monoisotopic (exact) mass is 1790 g/mol. The molecule has 33 heteroatoms. The minimum Gasteiger partial charge on any atom is -0.449 e. The van der Waals surface area contributed by atoms with Gasteiger partial charge in [-0.2, -0.15) is 0 Å². The number of nitrogens with two attached hydrogens (primary N) is 4. The van der Waals surface area contributed by atoms with E-state index in [1.165, 1.54) is 128 Å². The van der Waals surface area contributed by atoms with E-state index in [9.17, 15) is 52.7 Å². The van der Waals surface area contributed by atoms with Gasteiger partial charge in [0.1, 0.15) is 24.4 Å². The first-order valence-electron chi connectivity index (χ1n) is 34.6. The van der Waals surface area contributed by atoms with Crippen molar-refractivity contribution in [3.63, 3.8) is 0 Å². The Morgan fingerprint density at radius 2 is 0.422 bits per heavy atom. The summed E-state index contributed by atoms with van der Waals surface area (Å²) in [5.41, 5.74) is 30.3. The molecule has 0 aliphatic heterocycles. The van der Waals surface area contributed by atoms with E-state index in [1.807, 2.05) is 145 Å². The fourth-order valence-corrected chi connectivity index (χ4v) is 6.00. The van der Waals surface area contributed by atoms with Crippen LogP contribution in [0.4, 0.5) is 19.2 Å². The van der Waals surface area contributed by atoms with Crippen molar-refractivity contribution >= 4 is 65.7 Å². The number of ether oxygens (including phenoxy) is 4. The van der Waals surface area contributed by atoms with Crippen LogP contribution < -0.4 is 81.8 Å². The molecule has 0 saturated heterocycles. The van der Waals surface area contributed by atoms with Crippen molar-refractivity contribution in [2.24, 2.45) is 22.9 Å². The molecule has 30 nitrogen and oxygen atoms in total. The Labute approximate surface area is 739 Å². The third-order valence-corrected chi connectivity index (χ3v) is 10.4. The van der Waals surface area contributed by atoms with Crippen LogP contribution in [0.15, 0.2) is 97.1 Å². The van der Waals surface area contributed by atoms with Crippen molar-refractivity contribution in [2.45, 2.75) is 220 Å². The average molecular weight is 1790 g/mol. The molecule has 21 N–H and O–H groups in total. The van der Waals surface area contributed by atoms with Crippen molar-refractivity contribution in [3.8, 4) is 22.3 Å². The number of alkyl carbamates (subject to hydrolysis) is 4. The van der Waals surface area contributed by atoms with Gasteiger partial charge in [0, 0.05) is 182 Å². The number of hydrogen-bond acceptors (Lipinski definition) is 18. The molecule has 4 aromatic rings. The van der Waals surface area contributed by atoms with Crippen LogP contribution in [0.1, 0.15) is 231 Å². The zero-order chi connectivity index (χ0) is 86.8. The fraction of sp³-hybridized carbons (Fsp3) is 0.578. The summed E-state index contributed by atoms with van der Waals surface area (Å²) in [6, 6.07) is 33.2.